The number of nitrogens with one attached hydrogen (secondary N) is 1. The predicted octanol–water partition coefficient (Wildman–Crippen LogP) is 4.32. The maximum Gasteiger partial charge on any atom is 0.261 e. The predicted molar refractivity (Wildman–Crippen MR) is 120 cm³/mol. The molecule has 2 aromatic carbocycles. The Morgan fingerprint density at radius 1 is 1.00 bits per heavy atom. The van der Waals surface area contributed by atoms with Gasteiger partial charge in [-0.2, -0.15) is 0 Å². The van der Waals surface area contributed by atoms with Gasteiger partial charge < -0.3 is 15.0 Å². The third kappa shape index (κ3) is 6.09. The minimum atomic E-state index is -0.603. The Bertz CT molecular complexity index is 878. The van der Waals surface area contributed by atoms with Crippen LogP contribution in [-0.4, -0.2) is 35.4 Å². The van der Waals surface area contributed by atoms with Gasteiger partial charge in [-0.05, 0) is 69.4 Å². The van der Waals surface area contributed by atoms with Crippen LogP contribution < -0.4 is 10.1 Å². The zero-order valence-electron chi connectivity index (χ0n) is 19.0. The van der Waals surface area contributed by atoms with Crippen LogP contribution in [0.5, 0.6) is 5.75 Å². The van der Waals surface area contributed by atoms with E-state index in [1.165, 1.54) is 0 Å². The van der Waals surface area contributed by atoms with Crippen molar-refractivity contribution < 1.29 is 14.3 Å². The number of carbonyl (C=O) groups excluding carboxylic acids is 2. The number of amides is 2. The van der Waals surface area contributed by atoms with Gasteiger partial charge in [0.05, 0.1) is 0 Å². The van der Waals surface area contributed by atoms with E-state index < -0.39 is 6.04 Å². The number of aryl methyl sites for hydroxylation is 2. The molecular weight excluding hydrogens is 376 g/mol. The summed E-state index contributed by atoms with van der Waals surface area (Å²) >= 11 is 0. The fourth-order valence-electron chi connectivity index (χ4n) is 3.12. The van der Waals surface area contributed by atoms with Gasteiger partial charge in [-0.1, -0.05) is 43.3 Å². The molecule has 0 aliphatic rings. The van der Waals surface area contributed by atoms with Crippen molar-refractivity contribution in [1.82, 2.24) is 10.2 Å². The Labute approximate surface area is 180 Å². The van der Waals surface area contributed by atoms with Gasteiger partial charge >= 0.3 is 0 Å². The largest absolute Gasteiger partial charge is 0.483 e. The van der Waals surface area contributed by atoms with Gasteiger partial charge in [0.15, 0.2) is 6.61 Å². The van der Waals surface area contributed by atoms with Gasteiger partial charge in [0.1, 0.15) is 11.8 Å². The first kappa shape index (κ1) is 23.5. The van der Waals surface area contributed by atoms with Crippen molar-refractivity contribution in [3.05, 3.63) is 64.7 Å². The van der Waals surface area contributed by atoms with E-state index in [1.807, 2.05) is 77.1 Å². The van der Waals surface area contributed by atoms with Crippen molar-refractivity contribution >= 4 is 11.8 Å². The van der Waals surface area contributed by atoms with Crippen LogP contribution in [0.15, 0.2) is 42.5 Å². The van der Waals surface area contributed by atoms with Crippen molar-refractivity contribution in [1.29, 1.82) is 0 Å². The number of rotatable bonds is 9. The lowest BCUT2D eigenvalue weighted by Gasteiger charge is -2.30. The molecule has 2 atom stereocenters. The van der Waals surface area contributed by atoms with Crippen LogP contribution in [0, 0.1) is 20.8 Å². The summed E-state index contributed by atoms with van der Waals surface area (Å²) in [5.41, 5.74) is 4.22. The number of ether oxygens (including phenoxy) is 1. The molecular formula is C25H34N2O3. The maximum atomic E-state index is 13.2. The number of hydrogen-bond donors (Lipinski definition) is 1. The summed E-state index contributed by atoms with van der Waals surface area (Å²) in [5.74, 6) is 0.319. The molecule has 5 nitrogen and oxygen atoms in total. The van der Waals surface area contributed by atoms with Gasteiger partial charge in [-0.3, -0.25) is 9.59 Å². The van der Waals surface area contributed by atoms with Gasteiger partial charge in [0.25, 0.3) is 5.91 Å². The second kappa shape index (κ2) is 10.8. The molecule has 0 saturated carbocycles. The highest BCUT2D eigenvalue weighted by molar-refractivity contribution is 5.88. The molecule has 2 aromatic rings. The molecule has 0 aliphatic carbocycles. The molecule has 162 valence electrons. The van der Waals surface area contributed by atoms with E-state index in [0.717, 1.165) is 28.7 Å². The van der Waals surface area contributed by atoms with Crippen LogP contribution in [-0.2, 0) is 16.1 Å². The monoisotopic (exact) mass is 410 g/mol. The van der Waals surface area contributed by atoms with E-state index in [1.54, 1.807) is 11.8 Å². The highest BCUT2D eigenvalue weighted by Gasteiger charge is 2.27. The summed E-state index contributed by atoms with van der Waals surface area (Å²) in [6, 6.07) is 13.1. The Morgan fingerprint density at radius 3 is 2.33 bits per heavy atom. The van der Waals surface area contributed by atoms with Crippen molar-refractivity contribution in [2.45, 2.75) is 66.6 Å². The highest BCUT2D eigenvalue weighted by atomic mass is 16.5. The standard InChI is InChI=1S/C25H34N2O3/c1-7-19(4)26-25(29)21(6)27(15-22-13-9-8-11-18(22)3)24(28)16-30-23-14-10-12-17(2)20(23)5/h8-14,19,21H,7,15-16H2,1-6H3,(H,26,29)/t19-,21+/m1/s1. The van der Waals surface area contributed by atoms with Crippen molar-refractivity contribution in [2.75, 3.05) is 6.61 Å². The number of nitrogens with zero attached hydrogens (tertiary/aromatic N) is 1. The lowest BCUT2D eigenvalue weighted by molar-refractivity contribution is -0.142. The maximum absolute atomic E-state index is 13.2. The molecule has 1 N–H and O–H groups in total. The molecule has 0 unspecified atom stereocenters. The fraction of sp³-hybridized carbons (Fsp3) is 0.440. The van der Waals surface area contributed by atoms with Gasteiger partial charge in [-0.15, -0.1) is 0 Å². The van der Waals surface area contributed by atoms with E-state index in [-0.39, 0.29) is 24.5 Å². The SMILES string of the molecule is CC[C@@H](C)NC(=O)[C@H](C)N(Cc1ccccc1C)C(=O)COc1cccc(C)c1C. The summed E-state index contributed by atoms with van der Waals surface area (Å²) < 4.78 is 5.84. The molecule has 30 heavy (non-hydrogen) atoms. The average molecular weight is 411 g/mol. The smallest absolute Gasteiger partial charge is 0.261 e. The number of carbonyl (C=O) groups is 2. The van der Waals surface area contributed by atoms with E-state index >= 15 is 0 Å². The third-order valence-corrected chi connectivity index (χ3v) is 5.68. The Kier molecular flexibility index (Phi) is 8.46. The first-order chi connectivity index (χ1) is 14.2. The average Bonchev–Trinajstić information content (AvgIpc) is 2.73. The summed E-state index contributed by atoms with van der Waals surface area (Å²) in [5, 5.41) is 2.98. The van der Waals surface area contributed by atoms with E-state index in [4.69, 9.17) is 4.74 Å². The molecule has 0 bridgehead atoms. The summed E-state index contributed by atoms with van der Waals surface area (Å²) in [4.78, 5) is 27.5. The molecule has 0 spiro atoms. The number of benzene rings is 2. The Balaban J connectivity index is 2.20. The van der Waals surface area contributed by atoms with E-state index in [0.29, 0.717) is 12.3 Å². The molecule has 0 heterocycles. The van der Waals surface area contributed by atoms with Crippen molar-refractivity contribution in [2.24, 2.45) is 0 Å². The van der Waals surface area contributed by atoms with Crippen LogP contribution in [0.25, 0.3) is 0 Å². The molecule has 0 aliphatic heterocycles. The normalized spacial score (nSPS) is 12.7. The summed E-state index contributed by atoms with van der Waals surface area (Å²) in [7, 11) is 0. The zero-order valence-corrected chi connectivity index (χ0v) is 19.0. The first-order valence-corrected chi connectivity index (χ1v) is 10.6. The molecule has 0 fully saturated rings. The third-order valence-electron chi connectivity index (χ3n) is 5.68. The summed E-state index contributed by atoms with van der Waals surface area (Å²) in [6.07, 6.45) is 0.833. The Hall–Kier alpha value is -2.82. The lowest BCUT2D eigenvalue weighted by atomic mass is 10.1. The minimum absolute atomic E-state index is 0.0570. The van der Waals surface area contributed by atoms with Crippen molar-refractivity contribution in [3.63, 3.8) is 0 Å². The fourth-order valence-corrected chi connectivity index (χ4v) is 3.12. The van der Waals surface area contributed by atoms with Crippen molar-refractivity contribution in [3.8, 4) is 5.75 Å². The van der Waals surface area contributed by atoms with Crippen LogP contribution in [0.3, 0.4) is 0 Å². The van der Waals surface area contributed by atoms with Crippen LogP contribution >= 0.6 is 0 Å². The molecule has 0 radical (unpaired) electrons. The van der Waals surface area contributed by atoms with Crippen LogP contribution in [0.2, 0.25) is 0 Å². The Morgan fingerprint density at radius 2 is 1.67 bits per heavy atom. The molecule has 0 saturated heterocycles. The summed E-state index contributed by atoms with van der Waals surface area (Å²) in [6.45, 7) is 12.0. The molecule has 5 heteroatoms. The van der Waals surface area contributed by atoms with E-state index in [2.05, 4.69) is 5.32 Å². The van der Waals surface area contributed by atoms with Gasteiger partial charge in [0.2, 0.25) is 5.91 Å². The molecule has 2 amide bonds. The second-order valence-electron chi connectivity index (χ2n) is 7.93. The quantitative estimate of drug-likeness (QED) is 0.670. The highest BCUT2D eigenvalue weighted by Crippen LogP contribution is 2.21. The minimum Gasteiger partial charge on any atom is -0.483 e. The van der Waals surface area contributed by atoms with Gasteiger partial charge in [0, 0.05) is 12.6 Å². The topological polar surface area (TPSA) is 58.6 Å². The second-order valence-corrected chi connectivity index (χ2v) is 7.93. The number of hydrogen-bond acceptors (Lipinski definition) is 3. The zero-order chi connectivity index (χ0) is 22.3. The van der Waals surface area contributed by atoms with Gasteiger partial charge in [-0.25, -0.2) is 0 Å². The van der Waals surface area contributed by atoms with E-state index in [9.17, 15) is 9.59 Å². The lowest BCUT2D eigenvalue weighted by Crippen LogP contribution is -2.50. The van der Waals surface area contributed by atoms with Crippen LogP contribution in [0.4, 0.5) is 0 Å². The first-order valence-electron chi connectivity index (χ1n) is 10.6. The van der Waals surface area contributed by atoms with Crippen LogP contribution in [0.1, 0.15) is 49.4 Å². The molecule has 0 aromatic heterocycles. The molecule has 2 rings (SSSR count).